The summed E-state index contributed by atoms with van der Waals surface area (Å²) in [6.45, 7) is 26.6. The van der Waals surface area contributed by atoms with E-state index in [4.69, 9.17) is 33.0 Å². The van der Waals surface area contributed by atoms with Crippen LogP contribution in [0.3, 0.4) is 0 Å². The van der Waals surface area contributed by atoms with Crippen molar-refractivity contribution in [2.75, 3.05) is 58.3 Å². The van der Waals surface area contributed by atoms with Gasteiger partial charge in [-0.3, -0.25) is 9.13 Å². The van der Waals surface area contributed by atoms with Gasteiger partial charge in [-0.05, 0) is 95.5 Å². The van der Waals surface area contributed by atoms with Crippen molar-refractivity contribution in [1.29, 1.82) is 0 Å². The van der Waals surface area contributed by atoms with Crippen molar-refractivity contribution in [1.82, 2.24) is 10.6 Å². The Morgan fingerprint density at radius 1 is 0.746 bits per heavy atom. The minimum absolute atomic E-state index is 0. The molecule has 63 heavy (non-hydrogen) atoms. The number of phenolic OH excluding ortho intramolecular Hbond substituents is 1. The van der Waals surface area contributed by atoms with Crippen LogP contribution in [-0.2, 0) is 66.5 Å². The monoisotopic (exact) mass is 938 g/mol. The number of ether oxygens (including phenoxy) is 3. The summed E-state index contributed by atoms with van der Waals surface area (Å²) in [5, 5.41) is 16.9. The molecule has 5 N–H and O–H groups in total. The first kappa shape index (κ1) is 56.0. The highest BCUT2D eigenvalue weighted by Gasteiger charge is 2.33. The Morgan fingerprint density at radius 2 is 1.21 bits per heavy atom. The molecule has 2 aliphatic heterocycles. The normalized spacial score (nSPS) is 14.1. The molecule has 14 nitrogen and oxygen atoms in total. The number of hydrogen-bond donors (Lipinski definition) is 5. The maximum atomic E-state index is 12.7. The molecule has 0 aromatic heterocycles. The number of esters is 2. The van der Waals surface area contributed by atoms with Gasteiger partial charge in [0.15, 0.2) is 0 Å². The highest BCUT2D eigenvalue weighted by atomic mass is 31.2. The van der Waals surface area contributed by atoms with Crippen LogP contribution in [0.2, 0.25) is 25.7 Å². The van der Waals surface area contributed by atoms with Gasteiger partial charge in [0.1, 0.15) is 35.8 Å². The van der Waals surface area contributed by atoms with Gasteiger partial charge in [-0.15, -0.1) is 0 Å². The predicted molar refractivity (Wildman–Crippen MR) is 255 cm³/mol. The molecule has 0 atom stereocenters. The summed E-state index contributed by atoms with van der Waals surface area (Å²) in [5.41, 5.74) is 11.0. The van der Waals surface area contributed by atoms with Crippen LogP contribution in [0.5, 0.6) is 11.5 Å². The zero-order chi connectivity index (χ0) is 46.4. The number of benzene rings is 2. The highest BCUT2D eigenvalue weighted by Crippen LogP contribution is 2.47. The quantitative estimate of drug-likeness (QED) is 0.0219. The van der Waals surface area contributed by atoms with Gasteiger partial charge in [-0.2, -0.15) is 0 Å². The van der Waals surface area contributed by atoms with Gasteiger partial charge in [0.25, 0.3) is 0 Å². The number of phenols is 1. The predicted octanol–water partition coefficient (Wildman–Crippen LogP) is 9.11. The number of nitrogens with one attached hydrogen (secondary N) is 2. The molecule has 0 unspecified atom stereocenters. The van der Waals surface area contributed by atoms with Crippen molar-refractivity contribution in [2.24, 2.45) is 0 Å². The molecule has 0 amide bonds. The van der Waals surface area contributed by atoms with Crippen molar-refractivity contribution < 1.29 is 56.9 Å². The number of aromatic hydroxyl groups is 1. The van der Waals surface area contributed by atoms with Crippen LogP contribution in [0, 0.1) is 13.8 Å². The summed E-state index contributed by atoms with van der Waals surface area (Å²) >= 11 is 0. The van der Waals surface area contributed by atoms with Crippen LogP contribution < -0.4 is 15.4 Å². The van der Waals surface area contributed by atoms with Gasteiger partial charge in [0.05, 0.1) is 32.1 Å². The third-order valence-corrected chi connectivity index (χ3v) is 15.6. The van der Waals surface area contributed by atoms with Gasteiger partial charge < -0.3 is 48.8 Å². The molecular formula is C46H76N2O12P2Si. The van der Waals surface area contributed by atoms with Gasteiger partial charge in [0.2, 0.25) is 0 Å². The van der Waals surface area contributed by atoms with Crippen LogP contribution >= 0.6 is 15.2 Å². The van der Waals surface area contributed by atoms with Crippen LogP contribution in [0.15, 0.2) is 23.3 Å². The SMILES string of the molecule is C.CCOP(=O)(CCNC/C(C)=C/Cc1c(CC)c(C)c2c(c1OCC[Si](C)(C)C)C(=O)OC2)OCC.CCc1c(C)c2c(c(O)c1C/C=C(\C)CNCCP(=O)(O)O)C(=O)OC2. The molecule has 2 aliphatic rings. The van der Waals surface area contributed by atoms with E-state index in [9.17, 15) is 23.8 Å². The molecule has 0 fully saturated rings. The zero-order valence-corrected chi connectivity index (χ0v) is 41.7. The van der Waals surface area contributed by atoms with Crippen molar-refractivity contribution >= 4 is 35.2 Å². The Labute approximate surface area is 377 Å². The lowest BCUT2D eigenvalue weighted by Gasteiger charge is -2.22. The van der Waals surface area contributed by atoms with Crippen LogP contribution in [0.25, 0.3) is 0 Å². The Hall–Kier alpha value is -3.10. The first-order valence-electron chi connectivity index (χ1n) is 21.8. The lowest BCUT2D eigenvalue weighted by Crippen LogP contribution is -2.23. The summed E-state index contributed by atoms with van der Waals surface area (Å²) in [6.07, 6.45) is 7.02. The Morgan fingerprint density at radius 3 is 1.68 bits per heavy atom. The molecule has 2 aromatic carbocycles. The van der Waals surface area contributed by atoms with Gasteiger partial charge in [0, 0.05) is 56.5 Å². The summed E-state index contributed by atoms with van der Waals surface area (Å²) in [5.74, 6) is -0.0530. The number of hydrogen-bond acceptors (Lipinski definition) is 12. The number of cyclic esters (lactones) is 2. The molecule has 4 rings (SSSR count). The summed E-state index contributed by atoms with van der Waals surface area (Å²) in [6, 6.07) is 1.03. The van der Waals surface area contributed by atoms with E-state index < -0.39 is 29.2 Å². The standard InChI is InChI=1S/C27H46NO6PSi.C18H26NO6P.CH4/c1-9-22-21(5)24-19-32-27(29)25(24)26(31-15-17-36(6,7)8)23(22)13-12-20(4)18-28-14-16-35(30,33-10-2)34-11-3;1-4-13-12(3)15-10-25-18(21)16(15)17(20)14(13)6-5-11(2)9-19-7-8-26(22,23)24;/h12,28H,9-11,13-19H2,1-8H3;5,19-20H,4,6-10H2,1-3H3,(H2,22,23,24);1H4/b20-12+;11-5+;. The van der Waals surface area contributed by atoms with Crippen LogP contribution in [0.4, 0.5) is 0 Å². The fourth-order valence-corrected chi connectivity index (χ4v) is 10.3. The van der Waals surface area contributed by atoms with Crippen LogP contribution in [-0.4, -0.2) is 93.2 Å². The van der Waals surface area contributed by atoms with E-state index in [1.165, 1.54) is 5.56 Å². The molecule has 0 radical (unpaired) electrons. The average molecular weight is 939 g/mol. The van der Waals surface area contributed by atoms with Gasteiger partial charge >= 0.3 is 27.1 Å². The van der Waals surface area contributed by atoms with E-state index in [0.29, 0.717) is 76.4 Å². The third kappa shape index (κ3) is 16.4. The fraction of sp³-hybridized carbons (Fsp3) is 0.609. The van der Waals surface area contributed by atoms with Gasteiger partial charge in [-0.25, -0.2) is 9.59 Å². The average Bonchev–Trinajstić information content (AvgIpc) is 3.78. The molecule has 356 valence electrons. The largest absolute Gasteiger partial charge is 0.507 e. The molecule has 0 bridgehead atoms. The maximum absolute atomic E-state index is 12.7. The number of carbonyl (C=O) groups is 2. The lowest BCUT2D eigenvalue weighted by atomic mass is 9.89. The summed E-state index contributed by atoms with van der Waals surface area (Å²) in [7, 11) is -8.31. The van der Waals surface area contributed by atoms with Crippen molar-refractivity contribution in [2.45, 2.75) is 127 Å². The molecule has 0 saturated carbocycles. The Balaban J connectivity index is 0.000000448. The molecule has 2 aromatic rings. The topological polar surface area (TPSA) is 199 Å². The number of carbonyl (C=O) groups excluding carboxylic acids is 2. The van der Waals surface area contributed by atoms with Crippen molar-refractivity contribution in [3.63, 3.8) is 0 Å². The Kier molecular flexibility index (Phi) is 22.7. The molecule has 2 heterocycles. The fourth-order valence-electron chi connectivity index (χ4n) is 7.55. The number of rotatable bonds is 24. The van der Waals surface area contributed by atoms with Crippen molar-refractivity contribution in [3.8, 4) is 11.5 Å². The minimum Gasteiger partial charge on any atom is -0.507 e. The highest BCUT2D eigenvalue weighted by molar-refractivity contribution is 7.53. The number of fused-ring (bicyclic) bond motifs is 2. The lowest BCUT2D eigenvalue weighted by molar-refractivity contribution is 0.0523. The molecule has 17 heteroatoms. The third-order valence-electron chi connectivity index (χ3n) is 11.0. The molecule has 0 spiro atoms. The summed E-state index contributed by atoms with van der Waals surface area (Å²) in [4.78, 5) is 42.3. The second kappa shape index (κ2) is 25.6. The molecule has 0 aliphatic carbocycles. The van der Waals surface area contributed by atoms with E-state index >= 15 is 0 Å². The first-order chi connectivity index (χ1) is 29.1. The summed E-state index contributed by atoms with van der Waals surface area (Å²) < 4.78 is 51.0. The minimum atomic E-state index is -3.98. The van der Waals surface area contributed by atoms with E-state index in [0.717, 1.165) is 69.0 Å². The van der Waals surface area contributed by atoms with E-state index in [-0.39, 0.29) is 44.0 Å². The van der Waals surface area contributed by atoms with Crippen LogP contribution in [0.1, 0.15) is 114 Å². The van der Waals surface area contributed by atoms with Crippen molar-refractivity contribution in [3.05, 3.63) is 78.9 Å². The van der Waals surface area contributed by atoms with E-state index in [1.807, 2.05) is 40.7 Å². The zero-order valence-electron chi connectivity index (χ0n) is 38.9. The van der Waals surface area contributed by atoms with E-state index in [2.05, 4.69) is 57.1 Å². The second-order valence-electron chi connectivity index (χ2n) is 17.0. The first-order valence-corrected chi connectivity index (χ1v) is 29.0. The molecular weight excluding hydrogens is 863 g/mol. The Bertz CT molecular complexity index is 2050. The second-order valence-corrected chi connectivity index (χ2v) is 26.6. The number of allylic oxidation sites excluding steroid dienone is 2. The maximum Gasteiger partial charge on any atom is 0.342 e. The smallest absolute Gasteiger partial charge is 0.342 e. The van der Waals surface area contributed by atoms with E-state index in [1.54, 1.807) is 0 Å². The molecule has 0 saturated heterocycles. The van der Waals surface area contributed by atoms with Gasteiger partial charge in [-0.1, -0.05) is 64.2 Å².